The zero-order valence-corrected chi connectivity index (χ0v) is 15.2. The molecule has 0 saturated heterocycles. The van der Waals surface area contributed by atoms with Crippen LogP contribution in [-0.4, -0.2) is 38.4 Å². The van der Waals surface area contributed by atoms with Gasteiger partial charge in [-0.15, -0.1) is 10.2 Å². The van der Waals surface area contributed by atoms with Crippen LogP contribution >= 0.6 is 0 Å². The van der Waals surface area contributed by atoms with Crippen molar-refractivity contribution in [2.75, 3.05) is 6.79 Å². The highest BCUT2D eigenvalue weighted by Gasteiger charge is 2.21. The van der Waals surface area contributed by atoms with Crippen molar-refractivity contribution in [1.29, 1.82) is 0 Å². The summed E-state index contributed by atoms with van der Waals surface area (Å²) in [6.45, 7) is 4.74. The Morgan fingerprint density at radius 1 is 1.11 bits per heavy atom. The number of carbonyl (C=O) groups excluding carboxylic acids is 1. The maximum absolute atomic E-state index is 13.2. The molecule has 138 valence electrons. The Kier molecular flexibility index (Phi) is 4.50. The van der Waals surface area contributed by atoms with Crippen LogP contribution in [-0.2, 0) is 6.54 Å². The second-order valence-electron chi connectivity index (χ2n) is 6.63. The van der Waals surface area contributed by atoms with Gasteiger partial charge in [-0.1, -0.05) is 12.1 Å². The van der Waals surface area contributed by atoms with E-state index in [2.05, 4.69) is 10.2 Å². The minimum atomic E-state index is -0.0300. The Bertz CT molecular complexity index is 954. The third kappa shape index (κ3) is 3.48. The van der Waals surface area contributed by atoms with Crippen LogP contribution < -0.4 is 9.47 Å². The van der Waals surface area contributed by atoms with Crippen LogP contribution in [0.2, 0.25) is 0 Å². The third-order valence-electron chi connectivity index (χ3n) is 4.48. The van der Waals surface area contributed by atoms with Crippen molar-refractivity contribution in [2.24, 2.45) is 0 Å². The number of nitrogens with zero attached hydrogens (tertiary/aromatic N) is 4. The normalized spacial score (nSPS) is 12.4. The van der Waals surface area contributed by atoms with Gasteiger partial charge in [0.2, 0.25) is 6.79 Å². The van der Waals surface area contributed by atoms with Gasteiger partial charge in [0.25, 0.3) is 5.91 Å². The fraction of sp³-hybridized carbons (Fsp3) is 0.250. The number of carbonyl (C=O) groups is 1. The van der Waals surface area contributed by atoms with Gasteiger partial charge in [0.15, 0.2) is 11.5 Å². The topological polar surface area (TPSA) is 69.5 Å². The van der Waals surface area contributed by atoms with Gasteiger partial charge in [0.05, 0.1) is 0 Å². The number of ether oxygens (including phenoxy) is 2. The highest BCUT2D eigenvalue weighted by Crippen LogP contribution is 2.33. The molecule has 1 aromatic heterocycles. The molecule has 0 fully saturated rings. The maximum atomic E-state index is 13.2. The van der Waals surface area contributed by atoms with Crippen molar-refractivity contribution in [3.05, 3.63) is 66.2 Å². The van der Waals surface area contributed by atoms with Crippen LogP contribution in [0.25, 0.3) is 5.69 Å². The molecular formula is C20H20N4O3. The van der Waals surface area contributed by atoms with Crippen LogP contribution in [0.5, 0.6) is 11.5 Å². The molecule has 4 rings (SSSR count). The number of hydrogen-bond acceptors (Lipinski definition) is 5. The molecule has 3 aromatic rings. The standard InChI is InChI=1S/C20H20N4O3/c1-14(2)24(10-15-6-7-18-19(8-15)27-13-26-18)20(25)16-4-3-5-17(9-16)23-11-21-22-12-23/h3-9,11-12,14H,10,13H2,1-2H3. The van der Waals surface area contributed by atoms with Gasteiger partial charge in [-0.3, -0.25) is 9.36 Å². The van der Waals surface area contributed by atoms with E-state index in [1.54, 1.807) is 17.2 Å². The summed E-state index contributed by atoms with van der Waals surface area (Å²) in [7, 11) is 0. The van der Waals surface area contributed by atoms with E-state index in [4.69, 9.17) is 9.47 Å². The van der Waals surface area contributed by atoms with E-state index < -0.39 is 0 Å². The first-order chi connectivity index (χ1) is 13.1. The van der Waals surface area contributed by atoms with E-state index in [9.17, 15) is 4.79 Å². The first-order valence-electron chi connectivity index (χ1n) is 8.76. The van der Waals surface area contributed by atoms with E-state index in [1.165, 1.54) is 0 Å². The summed E-state index contributed by atoms with van der Waals surface area (Å²) < 4.78 is 12.6. The van der Waals surface area contributed by atoms with Gasteiger partial charge >= 0.3 is 0 Å². The van der Waals surface area contributed by atoms with E-state index in [0.29, 0.717) is 12.1 Å². The largest absolute Gasteiger partial charge is 0.454 e. The summed E-state index contributed by atoms with van der Waals surface area (Å²) in [6, 6.07) is 13.3. The van der Waals surface area contributed by atoms with E-state index in [-0.39, 0.29) is 18.7 Å². The monoisotopic (exact) mass is 364 g/mol. The number of hydrogen-bond donors (Lipinski definition) is 0. The smallest absolute Gasteiger partial charge is 0.254 e. The van der Waals surface area contributed by atoms with Gasteiger partial charge in [-0.25, -0.2) is 0 Å². The predicted octanol–water partition coefficient (Wildman–Crippen LogP) is 3.05. The molecule has 0 radical (unpaired) electrons. The number of benzene rings is 2. The molecule has 1 aliphatic rings. The van der Waals surface area contributed by atoms with Crippen LogP contribution in [0.1, 0.15) is 29.8 Å². The van der Waals surface area contributed by atoms with Gasteiger partial charge in [-0.05, 0) is 49.7 Å². The van der Waals surface area contributed by atoms with E-state index >= 15 is 0 Å². The Balaban J connectivity index is 1.59. The lowest BCUT2D eigenvalue weighted by atomic mass is 10.1. The minimum absolute atomic E-state index is 0.0300. The van der Waals surface area contributed by atoms with E-state index in [1.807, 2.05) is 61.2 Å². The average Bonchev–Trinajstić information content (AvgIpc) is 3.36. The quantitative estimate of drug-likeness (QED) is 0.696. The van der Waals surface area contributed by atoms with Crippen LogP contribution in [0, 0.1) is 0 Å². The summed E-state index contributed by atoms with van der Waals surface area (Å²) in [5.41, 5.74) is 2.46. The molecule has 7 nitrogen and oxygen atoms in total. The first kappa shape index (κ1) is 17.1. The van der Waals surface area contributed by atoms with Gasteiger partial charge in [0.1, 0.15) is 12.7 Å². The SMILES string of the molecule is CC(C)N(Cc1ccc2c(c1)OCO2)C(=O)c1cccc(-n2cnnc2)c1. The zero-order valence-electron chi connectivity index (χ0n) is 15.2. The molecule has 1 aliphatic heterocycles. The van der Waals surface area contributed by atoms with Crippen molar-refractivity contribution < 1.29 is 14.3 Å². The van der Waals surface area contributed by atoms with Crippen LogP contribution in [0.4, 0.5) is 0 Å². The summed E-state index contributed by atoms with van der Waals surface area (Å²) >= 11 is 0. The summed E-state index contributed by atoms with van der Waals surface area (Å²) in [5.74, 6) is 1.43. The molecule has 2 aromatic carbocycles. The van der Waals surface area contributed by atoms with Gasteiger partial charge in [-0.2, -0.15) is 0 Å². The fourth-order valence-electron chi connectivity index (χ4n) is 3.02. The molecule has 7 heteroatoms. The molecule has 0 bridgehead atoms. The maximum Gasteiger partial charge on any atom is 0.254 e. The van der Waals surface area contributed by atoms with Crippen molar-refractivity contribution in [3.8, 4) is 17.2 Å². The first-order valence-corrected chi connectivity index (χ1v) is 8.76. The minimum Gasteiger partial charge on any atom is -0.454 e. The summed E-state index contributed by atoms with van der Waals surface area (Å²) in [5, 5.41) is 7.63. The highest BCUT2D eigenvalue weighted by molar-refractivity contribution is 5.95. The number of rotatable bonds is 5. The molecule has 0 atom stereocenters. The summed E-state index contributed by atoms with van der Waals surface area (Å²) in [6.07, 6.45) is 3.22. The lowest BCUT2D eigenvalue weighted by Crippen LogP contribution is -2.36. The summed E-state index contributed by atoms with van der Waals surface area (Å²) in [4.78, 5) is 15.0. The van der Waals surface area contributed by atoms with Crippen molar-refractivity contribution in [3.63, 3.8) is 0 Å². The lowest BCUT2D eigenvalue weighted by molar-refractivity contribution is 0.0690. The molecule has 0 spiro atoms. The van der Waals surface area contributed by atoms with Crippen molar-refractivity contribution in [2.45, 2.75) is 26.4 Å². The molecule has 0 N–H and O–H groups in total. The van der Waals surface area contributed by atoms with Crippen molar-refractivity contribution in [1.82, 2.24) is 19.7 Å². The average molecular weight is 364 g/mol. The lowest BCUT2D eigenvalue weighted by Gasteiger charge is -2.27. The van der Waals surface area contributed by atoms with Gasteiger partial charge in [0, 0.05) is 23.8 Å². The predicted molar refractivity (Wildman–Crippen MR) is 98.9 cm³/mol. The molecule has 0 unspecified atom stereocenters. The molecule has 27 heavy (non-hydrogen) atoms. The number of fused-ring (bicyclic) bond motifs is 1. The van der Waals surface area contributed by atoms with Crippen LogP contribution in [0.15, 0.2) is 55.1 Å². The molecule has 0 aliphatic carbocycles. The molecular weight excluding hydrogens is 344 g/mol. The Hall–Kier alpha value is -3.35. The zero-order chi connectivity index (χ0) is 18.8. The van der Waals surface area contributed by atoms with Crippen molar-refractivity contribution >= 4 is 5.91 Å². The number of aromatic nitrogens is 3. The Morgan fingerprint density at radius 2 is 1.89 bits per heavy atom. The molecule has 0 saturated carbocycles. The number of amides is 1. The second kappa shape index (κ2) is 7.11. The van der Waals surface area contributed by atoms with E-state index in [0.717, 1.165) is 22.7 Å². The third-order valence-corrected chi connectivity index (χ3v) is 4.48. The van der Waals surface area contributed by atoms with Gasteiger partial charge < -0.3 is 14.4 Å². The molecule has 1 amide bonds. The highest BCUT2D eigenvalue weighted by atomic mass is 16.7. The Morgan fingerprint density at radius 3 is 2.67 bits per heavy atom. The fourth-order valence-corrected chi connectivity index (χ4v) is 3.02. The molecule has 2 heterocycles. The second-order valence-corrected chi connectivity index (χ2v) is 6.63. The Labute approximate surface area is 157 Å². The van der Waals surface area contributed by atoms with Crippen LogP contribution in [0.3, 0.4) is 0 Å².